The highest BCUT2D eigenvalue weighted by atomic mass is 32.1. The lowest BCUT2D eigenvalue weighted by molar-refractivity contribution is 0.0523. The average molecular weight is 416 g/mol. The molecule has 0 aliphatic carbocycles. The molecule has 1 heterocycles. The number of ether oxygens (including phenoxy) is 1. The number of nitrogens with one attached hydrogen (secondary N) is 1. The van der Waals surface area contributed by atoms with E-state index in [-0.39, 0.29) is 5.56 Å². The maximum absolute atomic E-state index is 14.1. The van der Waals surface area contributed by atoms with Gasteiger partial charge in [0.1, 0.15) is 22.2 Å². The van der Waals surface area contributed by atoms with E-state index in [9.17, 15) is 13.6 Å². The molecule has 7 heteroatoms. The lowest BCUT2D eigenvalue weighted by Crippen LogP contribution is -2.32. The number of rotatable bonds is 4. The number of hydrogen-bond donors (Lipinski definition) is 1. The van der Waals surface area contributed by atoms with Gasteiger partial charge in [0.05, 0.1) is 5.69 Å². The van der Waals surface area contributed by atoms with Crippen LogP contribution in [-0.2, 0) is 11.3 Å². The van der Waals surface area contributed by atoms with E-state index in [4.69, 9.17) is 4.74 Å². The summed E-state index contributed by atoms with van der Waals surface area (Å²) in [6.45, 7) is 7.63. The van der Waals surface area contributed by atoms with Gasteiger partial charge in [0.15, 0.2) is 0 Å². The summed E-state index contributed by atoms with van der Waals surface area (Å²) in [5.41, 5.74) is 2.05. The Hall–Kier alpha value is -2.80. The fourth-order valence-corrected chi connectivity index (χ4v) is 3.64. The second-order valence-electron chi connectivity index (χ2n) is 7.60. The average Bonchev–Trinajstić information content (AvgIpc) is 3.00. The summed E-state index contributed by atoms with van der Waals surface area (Å²) in [7, 11) is 0. The monoisotopic (exact) mass is 416 g/mol. The number of aromatic nitrogens is 1. The molecule has 0 fully saturated rings. The highest BCUT2D eigenvalue weighted by Gasteiger charge is 2.17. The molecule has 152 valence electrons. The molecule has 3 aromatic rings. The molecule has 0 saturated carbocycles. The zero-order valence-electron chi connectivity index (χ0n) is 16.7. The fraction of sp³-hybridized carbons (Fsp3) is 0.273. The SMILES string of the molecule is Cc1sc(-c2ccc(CNC(=O)OC(C)(C)C)cc2)nc1-c1ccc(F)cc1F. The van der Waals surface area contributed by atoms with E-state index >= 15 is 0 Å². The summed E-state index contributed by atoms with van der Waals surface area (Å²) >= 11 is 1.44. The Labute approximate surface area is 172 Å². The van der Waals surface area contributed by atoms with Crippen LogP contribution in [0.15, 0.2) is 42.5 Å². The predicted octanol–water partition coefficient (Wildman–Crippen LogP) is 6.09. The van der Waals surface area contributed by atoms with Crippen molar-refractivity contribution in [3.8, 4) is 21.8 Å². The molecule has 29 heavy (non-hydrogen) atoms. The molecule has 1 aromatic heterocycles. The Morgan fingerprint density at radius 1 is 1.14 bits per heavy atom. The number of alkyl carbamates (subject to hydrolysis) is 1. The maximum atomic E-state index is 14.1. The molecule has 0 aliphatic heterocycles. The molecule has 0 bridgehead atoms. The van der Waals surface area contributed by atoms with Gasteiger partial charge in [-0.3, -0.25) is 0 Å². The van der Waals surface area contributed by atoms with Crippen molar-refractivity contribution in [2.24, 2.45) is 0 Å². The lowest BCUT2D eigenvalue weighted by atomic mass is 10.1. The zero-order chi connectivity index (χ0) is 21.2. The number of carbonyl (C=O) groups is 1. The summed E-state index contributed by atoms with van der Waals surface area (Å²) < 4.78 is 32.5. The minimum absolute atomic E-state index is 0.282. The molecule has 0 radical (unpaired) electrons. The molecule has 0 spiro atoms. The van der Waals surface area contributed by atoms with Crippen molar-refractivity contribution in [3.05, 3.63) is 64.5 Å². The van der Waals surface area contributed by atoms with E-state index < -0.39 is 23.3 Å². The van der Waals surface area contributed by atoms with Crippen LogP contribution in [0, 0.1) is 18.6 Å². The van der Waals surface area contributed by atoms with E-state index in [0.29, 0.717) is 12.2 Å². The quantitative estimate of drug-likeness (QED) is 0.560. The molecule has 0 unspecified atom stereocenters. The van der Waals surface area contributed by atoms with Crippen LogP contribution in [0.3, 0.4) is 0 Å². The van der Waals surface area contributed by atoms with Gasteiger partial charge in [-0.15, -0.1) is 11.3 Å². The molecule has 3 rings (SSSR count). The van der Waals surface area contributed by atoms with E-state index in [1.807, 2.05) is 52.0 Å². The number of aryl methyl sites for hydroxylation is 1. The Morgan fingerprint density at radius 3 is 2.45 bits per heavy atom. The van der Waals surface area contributed by atoms with E-state index in [0.717, 1.165) is 27.1 Å². The number of carbonyl (C=O) groups excluding carboxylic acids is 1. The van der Waals surface area contributed by atoms with E-state index in [1.54, 1.807) is 0 Å². The number of nitrogens with zero attached hydrogens (tertiary/aromatic N) is 1. The van der Waals surface area contributed by atoms with E-state index in [2.05, 4.69) is 10.3 Å². The standard InChI is InChI=1S/C22H22F2N2O2S/c1-13-19(17-10-9-16(23)11-18(17)24)26-20(29-13)15-7-5-14(6-8-15)12-25-21(27)28-22(2,3)4/h5-11H,12H2,1-4H3,(H,25,27). The number of halogens is 2. The Bertz CT molecular complexity index is 1020. The minimum Gasteiger partial charge on any atom is -0.444 e. The predicted molar refractivity (Wildman–Crippen MR) is 111 cm³/mol. The smallest absolute Gasteiger partial charge is 0.407 e. The van der Waals surface area contributed by atoms with Crippen LogP contribution in [0.1, 0.15) is 31.2 Å². The van der Waals surface area contributed by atoms with E-state index in [1.165, 1.54) is 23.5 Å². The molecule has 0 aliphatic rings. The molecule has 1 amide bonds. The van der Waals surface area contributed by atoms with Crippen molar-refractivity contribution in [1.82, 2.24) is 10.3 Å². The molecule has 2 aromatic carbocycles. The highest BCUT2D eigenvalue weighted by Crippen LogP contribution is 2.34. The molecular formula is C22H22F2N2O2S. The Balaban J connectivity index is 1.73. The van der Waals surface area contributed by atoms with Crippen LogP contribution >= 0.6 is 11.3 Å². The number of amides is 1. The second-order valence-corrected chi connectivity index (χ2v) is 8.80. The summed E-state index contributed by atoms with van der Waals surface area (Å²) in [6, 6.07) is 11.1. The van der Waals surface area contributed by atoms with Crippen molar-refractivity contribution >= 4 is 17.4 Å². The number of thiazole rings is 1. The van der Waals surface area contributed by atoms with Gasteiger partial charge in [0.25, 0.3) is 0 Å². The minimum atomic E-state index is -0.631. The maximum Gasteiger partial charge on any atom is 0.407 e. The van der Waals surface area contributed by atoms with Gasteiger partial charge in [-0.25, -0.2) is 18.6 Å². The van der Waals surface area contributed by atoms with Gasteiger partial charge in [0, 0.05) is 28.6 Å². The van der Waals surface area contributed by atoms with Gasteiger partial charge in [-0.05, 0) is 45.4 Å². The summed E-state index contributed by atoms with van der Waals surface area (Å²) in [5.74, 6) is -1.25. The van der Waals surface area contributed by atoms with Gasteiger partial charge in [0.2, 0.25) is 0 Å². The second kappa shape index (κ2) is 8.29. The largest absolute Gasteiger partial charge is 0.444 e. The third kappa shape index (κ3) is 5.38. The first-order valence-electron chi connectivity index (χ1n) is 9.11. The topological polar surface area (TPSA) is 51.2 Å². The van der Waals surface area contributed by atoms with Gasteiger partial charge in [-0.2, -0.15) is 0 Å². The van der Waals surface area contributed by atoms with Crippen LogP contribution < -0.4 is 5.32 Å². The Kier molecular flexibility index (Phi) is 5.98. The van der Waals surface area contributed by atoms with Gasteiger partial charge in [-0.1, -0.05) is 24.3 Å². The third-order valence-corrected chi connectivity index (χ3v) is 5.04. The molecule has 0 saturated heterocycles. The first-order chi connectivity index (χ1) is 13.6. The highest BCUT2D eigenvalue weighted by molar-refractivity contribution is 7.15. The zero-order valence-corrected chi connectivity index (χ0v) is 17.5. The van der Waals surface area contributed by atoms with Gasteiger partial charge >= 0.3 is 6.09 Å². The lowest BCUT2D eigenvalue weighted by Gasteiger charge is -2.19. The first kappa shape index (κ1) is 20.9. The van der Waals surface area contributed by atoms with Crippen LogP contribution in [0.4, 0.5) is 13.6 Å². The molecule has 0 atom stereocenters. The first-order valence-corrected chi connectivity index (χ1v) is 9.93. The van der Waals surface area contributed by atoms with Crippen LogP contribution in [0.25, 0.3) is 21.8 Å². The van der Waals surface area contributed by atoms with Crippen molar-refractivity contribution < 1.29 is 18.3 Å². The normalized spacial score (nSPS) is 11.4. The Morgan fingerprint density at radius 2 is 1.83 bits per heavy atom. The van der Waals surface area contributed by atoms with Crippen LogP contribution in [-0.4, -0.2) is 16.7 Å². The van der Waals surface area contributed by atoms with Gasteiger partial charge < -0.3 is 10.1 Å². The molecular weight excluding hydrogens is 394 g/mol. The number of benzene rings is 2. The van der Waals surface area contributed by atoms with Crippen LogP contribution in [0.5, 0.6) is 0 Å². The van der Waals surface area contributed by atoms with Crippen LogP contribution in [0.2, 0.25) is 0 Å². The molecule has 1 N–H and O–H groups in total. The third-order valence-electron chi connectivity index (χ3n) is 4.02. The summed E-state index contributed by atoms with van der Waals surface area (Å²) in [5, 5.41) is 3.46. The summed E-state index contributed by atoms with van der Waals surface area (Å²) in [6.07, 6.45) is -0.469. The molecule has 4 nitrogen and oxygen atoms in total. The van der Waals surface area contributed by atoms with Crippen molar-refractivity contribution in [2.75, 3.05) is 0 Å². The number of hydrogen-bond acceptors (Lipinski definition) is 4. The summed E-state index contributed by atoms with van der Waals surface area (Å²) in [4.78, 5) is 17.1. The van der Waals surface area contributed by atoms with Crippen molar-refractivity contribution in [3.63, 3.8) is 0 Å². The van der Waals surface area contributed by atoms with Crippen molar-refractivity contribution in [1.29, 1.82) is 0 Å². The van der Waals surface area contributed by atoms with Crippen molar-refractivity contribution in [2.45, 2.75) is 39.8 Å². The fourth-order valence-electron chi connectivity index (χ4n) is 2.70.